The molecule has 1 spiro atoms. The number of carbonyl (C=O) groups excluding carboxylic acids is 2. The summed E-state index contributed by atoms with van der Waals surface area (Å²) in [6.07, 6.45) is 5.11. The number of H-pyrrole nitrogens is 1. The number of imidazole rings is 1. The summed E-state index contributed by atoms with van der Waals surface area (Å²) < 4.78 is 5.07. The van der Waals surface area contributed by atoms with Gasteiger partial charge in [-0.15, -0.1) is 0 Å². The molecule has 1 saturated heterocycles. The highest BCUT2D eigenvalue weighted by Gasteiger charge is 2.49. The molecule has 2 aliphatic rings. The number of aliphatic hydroxyl groups excluding tert-OH is 1. The molecule has 0 bridgehead atoms. The normalized spacial score (nSPS) is 19.8. The number of amides is 2. The fourth-order valence-corrected chi connectivity index (χ4v) is 4.67. The van der Waals surface area contributed by atoms with Crippen LogP contribution in [0.1, 0.15) is 30.7 Å². The van der Waals surface area contributed by atoms with Gasteiger partial charge in [0, 0.05) is 38.9 Å². The van der Waals surface area contributed by atoms with Crippen LogP contribution in [0.4, 0.5) is 0 Å². The molecule has 150 valence electrons. The first kappa shape index (κ1) is 20.2. The molecule has 8 nitrogen and oxygen atoms in total. The van der Waals surface area contributed by atoms with Crippen LogP contribution in [-0.2, 0) is 26.3 Å². The second-order valence-electron chi connectivity index (χ2n) is 7.11. The second-order valence-corrected chi connectivity index (χ2v) is 8.10. The number of nitrogens with one attached hydrogen (secondary N) is 1. The first-order chi connectivity index (χ1) is 13.0. The molecule has 1 aromatic heterocycles. The van der Waals surface area contributed by atoms with Gasteiger partial charge in [0.15, 0.2) is 0 Å². The third-order valence-corrected chi connectivity index (χ3v) is 6.26. The summed E-state index contributed by atoms with van der Waals surface area (Å²) in [4.78, 5) is 36.5. The Hall–Kier alpha value is -1.58. The quantitative estimate of drug-likeness (QED) is 0.721. The van der Waals surface area contributed by atoms with Gasteiger partial charge < -0.3 is 24.6 Å². The number of aromatic nitrogens is 2. The summed E-state index contributed by atoms with van der Waals surface area (Å²) in [5.74, 6) is 0.485. The Balaban J connectivity index is 1.76. The predicted octanol–water partition coefficient (Wildman–Crippen LogP) is 0.373. The number of thioether (sulfide) groups is 1. The summed E-state index contributed by atoms with van der Waals surface area (Å²) in [7, 11) is 1.52. The Morgan fingerprint density at radius 2 is 2.15 bits per heavy atom. The Bertz CT molecular complexity index is 672. The maximum Gasteiger partial charge on any atom is 0.251 e. The lowest BCUT2D eigenvalue weighted by Crippen LogP contribution is -2.60. The molecule has 1 fully saturated rings. The second kappa shape index (κ2) is 8.62. The molecular formula is C18H28N4O4S. The lowest BCUT2D eigenvalue weighted by Gasteiger charge is -2.50. The minimum absolute atomic E-state index is 0.0392. The number of aliphatic hydroxyl groups is 1. The summed E-state index contributed by atoms with van der Waals surface area (Å²) in [5.41, 5.74) is 1.47. The van der Waals surface area contributed by atoms with Gasteiger partial charge in [-0.1, -0.05) is 0 Å². The number of likely N-dealkylation sites (tertiary alicyclic amines) is 1. The number of piperidine rings is 1. The highest BCUT2D eigenvalue weighted by atomic mass is 32.2. The average molecular weight is 397 g/mol. The molecule has 1 atom stereocenters. The van der Waals surface area contributed by atoms with E-state index in [9.17, 15) is 14.7 Å². The fraction of sp³-hybridized carbons (Fsp3) is 0.722. The Labute approximate surface area is 163 Å². The first-order valence-corrected chi connectivity index (χ1v) is 10.7. The number of ether oxygens (including phenoxy) is 1. The van der Waals surface area contributed by atoms with E-state index in [1.54, 1.807) is 23.0 Å². The van der Waals surface area contributed by atoms with Crippen LogP contribution in [0.5, 0.6) is 0 Å². The van der Waals surface area contributed by atoms with E-state index >= 15 is 0 Å². The summed E-state index contributed by atoms with van der Waals surface area (Å²) in [6.45, 7) is 1.65. The van der Waals surface area contributed by atoms with E-state index in [1.165, 1.54) is 7.11 Å². The number of aromatic amines is 1. The number of methoxy groups -OCH3 is 1. The molecule has 3 heterocycles. The topological polar surface area (TPSA) is 98.8 Å². The molecule has 3 rings (SSSR count). The van der Waals surface area contributed by atoms with Crippen LogP contribution in [0, 0.1) is 0 Å². The van der Waals surface area contributed by atoms with E-state index in [-0.39, 0.29) is 18.4 Å². The van der Waals surface area contributed by atoms with Gasteiger partial charge in [-0.05, 0) is 31.3 Å². The lowest BCUT2D eigenvalue weighted by molar-refractivity contribution is -0.150. The molecule has 2 amide bonds. The van der Waals surface area contributed by atoms with Crippen molar-refractivity contribution in [3.8, 4) is 0 Å². The molecule has 9 heteroatoms. The molecule has 1 unspecified atom stereocenters. The van der Waals surface area contributed by atoms with Crippen molar-refractivity contribution in [3.63, 3.8) is 0 Å². The van der Waals surface area contributed by atoms with Gasteiger partial charge in [0.05, 0.1) is 17.6 Å². The van der Waals surface area contributed by atoms with Crippen molar-refractivity contribution in [2.45, 2.75) is 37.3 Å². The van der Waals surface area contributed by atoms with Crippen LogP contribution in [0.2, 0.25) is 0 Å². The van der Waals surface area contributed by atoms with Crippen LogP contribution < -0.4 is 0 Å². The molecule has 27 heavy (non-hydrogen) atoms. The largest absolute Gasteiger partial charge is 0.383 e. The van der Waals surface area contributed by atoms with Crippen molar-refractivity contribution in [2.24, 2.45) is 0 Å². The molecule has 0 aliphatic carbocycles. The van der Waals surface area contributed by atoms with Gasteiger partial charge in [0.1, 0.15) is 12.7 Å². The summed E-state index contributed by atoms with van der Waals surface area (Å²) in [5, 5.41) is 10.1. The van der Waals surface area contributed by atoms with E-state index < -0.39 is 11.6 Å². The first-order valence-electron chi connectivity index (χ1n) is 9.31. The molecular weight excluding hydrogens is 368 g/mol. The van der Waals surface area contributed by atoms with E-state index in [2.05, 4.69) is 9.97 Å². The van der Waals surface area contributed by atoms with Crippen molar-refractivity contribution in [1.82, 2.24) is 19.8 Å². The van der Waals surface area contributed by atoms with Crippen molar-refractivity contribution in [2.75, 3.05) is 45.4 Å². The zero-order chi connectivity index (χ0) is 19.4. The molecule has 2 N–H and O–H groups in total. The van der Waals surface area contributed by atoms with Crippen LogP contribution in [0.3, 0.4) is 0 Å². The number of hydrogen-bond acceptors (Lipinski definition) is 6. The lowest BCUT2D eigenvalue weighted by atomic mass is 9.78. The molecule has 0 saturated carbocycles. The van der Waals surface area contributed by atoms with Crippen molar-refractivity contribution >= 4 is 23.6 Å². The zero-order valence-electron chi connectivity index (χ0n) is 15.9. The van der Waals surface area contributed by atoms with Gasteiger partial charge in [-0.3, -0.25) is 9.59 Å². The van der Waals surface area contributed by atoms with Gasteiger partial charge in [-0.25, -0.2) is 4.98 Å². The molecule has 2 aliphatic heterocycles. The van der Waals surface area contributed by atoms with Gasteiger partial charge in [0.2, 0.25) is 5.91 Å². The monoisotopic (exact) mass is 396 g/mol. The standard InChI is InChI=1S/C18H28N4O4S/c1-26-11-15(24)22-7-3-13-16(20-12-19-13)18(22)5-8-21(9-6-18)17(25)14(23)4-10-27-2/h12,14,23H,3-11H2,1-2H3,(H,19,20). The SMILES string of the molecule is COCC(=O)N1CCc2[nH]cnc2C12CCN(C(=O)C(O)CCSC)CC2. The maximum atomic E-state index is 12.7. The van der Waals surface area contributed by atoms with Crippen molar-refractivity contribution < 1.29 is 19.4 Å². The smallest absolute Gasteiger partial charge is 0.251 e. The number of rotatable bonds is 6. The fourth-order valence-electron chi connectivity index (χ4n) is 4.21. The average Bonchev–Trinajstić information content (AvgIpc) is 3.16. The zero-order valence-corrected chi connectivity index (χ0v) is 16.8. The Kier molecular flexibility index (Phi) is 6.44. The van der Waals surface area contributed by atoms with Crippen molar-refractivity contribution in [1.29, 1.82) is 0 Å². The van der Waals surface area contributed by atoms with E-state index in [0.29, 0.717) is 38.9 Å². The molecule has 0 aromatic carbocycles. The number of hydrogen-bond donors (Lipinski definition) is 2. The highest BCUT2D eigenvalue weighted by molar-refractivity contribution is 7.98. The number of nitrogens with zero attached hydrogens (tertiary/aromatic N) is 3. The third kappa shape index (κ3) is 3.86. The maximum absolute atomic E-state index is 12.7. The van der Waals surface area contributed by atoms with Gasteiger partial charge in [0.25, 0.3) is 5.91 Å². The molecule has 0 radical (unpaired) electrons. The van der Waals surface area contributed by atoms with Crippen LogP contribution >= 0.6 is 11.8 Å². The predicted molar refractivity (Wildman–Crippen MR) is 102 cm³/mol. The van der Waals surface area contributed by atoms with E-state index in [4.69, 9.17) is 4.74 Å². The van der Waals surface area contributed by atoms with Crippen molar-refractivity contribution in [3.05, 3.63) is 17.7 Å². The highest BCUT2D eigenvalue weighted by Crippen LogP contribution is 2.42. The minimum atomic E-state index is -0.954. The van der Waals surface area contributed by atoms with Gasteiger partial charge in [-0.2, -0.15) is 11.8 Å². The minimum Gasteiger partial charge on any atom is -0.383 e. The summed E-state index contributed by atoms with van der Waals surface area (Å²) >= 11 is 1.61. The van der Waals surface area contributed by atoms with E-state index in [0.717, 1.165) is 23.6 Å². The summed E-state index contributed by atoms with van der Waals surface area (Å²) in [6, 6.07) is 0. The van der Waals surface area contributed by atoms with E-state index in [1.807, 2.05) is 11.2 Å². The molecule has 1 aromatic rings. The Morgan fingerprint density at radius 1 is 1.41 bits per heavy atom. The van der Waals surface area contributed by atoms with Crippen LogP contribution in [0.15, 0.2) is 6.33 Å². The third-order valence-electron chi connectivity index (χ3n) is 5.61. The van der Waals surface area contributed by atoms with Gasteiger partial charge >= 0.3 is 0 Å². The Morgan fingerprint density at radius 3 is 2.81 bits per heavy atom. The van der Waals surface area contributed by atoms with Crippen LogP contribution in [-0.4, -0.2) is 88.2 Å². The number of carbonyl (C=O) groups is 2. The number of fused-ring (bicyclic) bond motifs is 2. The van der Waals surface area contributed by atoms with Crippen LogP contribution in [0.25, 0.3) is 0 Å².